The van der Waals surface area contributed by atoms with Gasteiger partial charge in [-0.25, -0.2) is 0 Å². The number of aryl methyl sites for hydroxylation is 1. The summed E-state index contributed by atoms with van der Waals surface area (Å²) >= 11 is 0. The average molecular weight is 272 g/mol. The normalized spacial score (nSPS) is 12.5. The van der Waals surface area contributed by atoms with Crippen molar-refractivity contribution in [2.75, 3.05) is 6.54 Å². The van der Waals surface area contributed by atoms with Crippen LogP contribution in [0, 0.1) is 0 Å². The van der Waals surface area contributed by atoms with Gasteiger partial charge in [0.05, 0.1) is 6.20 Å². The molecule has 0 aliphatic carbocycles. The van der Waals surface area contributed by atoms with Gasteiger partial charge in [-0.3, -0.25) is 9.67 Å². The maximum absolute atomic E-state index is 4.44. The van der Waals surface area contributed by atoms with Gasteiger partial charge in [-0.15, -0.1) is 0 Å². The summed E-state index contributed by atoms with van der Waals surface area (Å²) in [5, 5.41) is 8.06. The first kappa shape index (κ1) is 14.7. The highest BCUT2D eigenvalue weighted by molar-refractivity contribution is 5.18. The predicted octanol–water partition coefficient (Wildman–Crippen LogP) is 2.97. The van der Waals surface area contributed by atoms with E-state index in [2.05, 4.69) is 47.6 Å². The number of hydrogen-bond acceptors (Lipinski definition) is 3. The highest BCUT2D eigenvalue weighted by Crippen LogP contribution is 2.18. The van der Waals surface area contributed by atoms with Crippen molar-refractivity contribution < 1.29 is 0 Å². The van der Waals surface area contributed by atoms with E-state index in [1.165, 1.54) is 11.1 Å². The molecule has 0 spiro atoms. The Morgan fingerprint density at radius 3 is 2.70 bits per heavy atom. The fraction of sp³-hybridized carbons (Fsp3) is 0.500. The fourth-order valence-electron chi connectivity index (χ4n) is 2.29. The summed E-state index contributed by atoms with van der Waals surface area (Å²) in [4.78, 5) is 4.08. The summed E-state index contributed by atoms with van der Waals surface area (Å²) < 4.78 is 2.03. The number of aromatic nitrogens is 3. The molecule has 2 aromatic rings. The van der Waals surface area contributed by atoms with Gasteiger partial charge in [0.1, 0.15) is 0 Å². The Kier molecular flexibility index (Phi) is 5.74. The molecule has 2 heterocycles. The molecular formula is C16H24N4. The zero-order valence-electron chi connectivity index (χ0n) is 12.4. The van der Waals surface area contributed by atoms with Crippen molar-refractivity contribution in [3.05, 3.63) is 48.0 Å². The van der Waals surface area contributed by atoms with Crippen molar-refractivity contribution in [2.45, 2.75) is 45.7 Å². The molecule has 1 N–H and O–H groups in total. The van der Waals surface area contributed by atoms with E-state index in [1.54, 1.807) is 0 Å². The zero-order chi connectivity index (χ0) is 14.2. The van der Waals surface area contributed by atoms with Crippen LogP contribution in [0.2, 0.25) is 0 Å². The van der Waals surface area contributed by atoms with Crippen LogP contribution in [0.25, 0.3) is 0 Å². The highest BCUT2D eigenvalue weighted by Gasteiger charge is 2.13. The lowest BCUT2D eigenvalue weighted by molar-refractivity contribution is 0.527. The van der Waals surface area contributed by atoms with Gasteiger partial charge < -0.3 is 5.32 Å². The standard InChI is InChI=1S/C16H24N4/c1-3-7-18-16(11-14-5-8-17-9-6-14)15-12-19-20(13-15)10-4-2/h5-6,8-9,12-13,16,18H,3-4,7,10-11H2,1-2H3. The number of nitrogens with zero attached hydrogens (tertiary/aromatic N) is 3. The third-order valence-electron chi connectivity index (χ3n) is 3.34. The molecule has 108 valence electrons. The molecule has 0 amide bonds. The first-order chi connectivity index (χ1) is 9.83. The first-order valence-corrected chi connectivity index (χ1v) is 7.48. The molecule has 1 unspecified atom stereocenters. The molecule has 1 atom stereocenters. The molecule has 0 radical (unpaired) electrons. The molecule has 0 fully saturated rings. The molecule has 4 heteroatoms. The van der Waals surface area contributed by atoms with Crippen molar-refractivity contribution >= 4 is 0 Å². The number of nitrogens with one attached hydrogen (secondary N) is 1. The van der Waals surface area contributed by atoms with Crippen molar-refractivity contribution in [3.63, 3.8) is 0 Å². The van der Waals surface area contributed by atoms with Crippen LogP contribution >= 0.6 is 0 Å². The summed E-state index contributed by atoms with van der Waals surface area (Å²) in [6.45, 7) is 6.37. The fourth-order valence-corrected chi connectivity index (χ4v) is 2.29. The Balaban J connectivity index is 2.09. The number of rotatable bonds is 8. The maximum atomic E-state index is 4.44. The summed E-state index contributed by atoms with van der Waals surface area (Å²) in [5.74, 6) is 0. The van der Waals surface area contributed by atoms with Crippen LogP contribution in [0.15, 0.2) is 36.9 Å². The van der Waals surface area contributed by atoms with Gasteiger partial charge in [-0.05, 0) is 43.5 Å². The zero-order valence-corrected chi connectivity index (χ0v) is 12.4. The van der Waals surface area contributed by atoms with E-state index in [9.17, 15) is 0 Å². The van der Waals surface area contributed by atoms with Gasteiger partial charge in [0.2, 0.25) is 0 Å². The first-order valence-electron chi connectivity index (χ1n) is 7.48. The molecular weight excluding hydrogens is 248 g/mol. The average Bonchev–Trinajstić information content (AvgIpc) is 2.93. The van der Waals surface area contributed by atoms with Gasteiger partial charge in [-0.2, -0.15) is 5.10 Å². The molecule has 4 nitrogen and oxygen atoms in total. The molecule has 0 bridgehead atoms. The van der Waals surface area contributed by atoms with Gasteiger partial charge in [0, 0.05) is 36.7 Å². The van der Waals surface area contributed by atoms with Gasteiger partial charge >= 0.3 is 0 Å². The topological polar surface area (TPSA) is 42.7 Å². The van der Waals surface area contributed by atoms with E-state index in [0.29, 0.717) is 6.04 Å². The van der Waals surface area contributed by atoms with E-state index < -0.39 is 0 Å². The van der Waals surface area contributed by atoms with Gasteiger partial charge in [0.25, 0.3) is 0 Å². The molecule has 2 rings (SSSR count). The molecule has 0 saturated heterocycles. The molecule has 0 aromatic carbocycles. The van der Waals surface area contributed by atoms with Crippen molar-refractivity contribution in [1.29, 1.82) is 0 Å². The van der Waals surface area contributed by atoms with Gasteiger partial charge in [-0.1, -0.05) is 13.8 Å². The number of hydrogen-bond donors (Lipinski definition) is 1. The van der Waals surface area contributed by atoms with E-state index in [0.717, 1.165) is 32.4 Å². The smallest absolute Gasteiger partial charge is 0.0537 e. The van der Waals surface area contributed by atoms with E-state index in [1.807, 2.05) is 23.3 Å². The Morgan fingerprint density at radius 1 is 1.20 bits per heavy atom. The van der Waals surface area contributed by atoms with Crippen LogP contribution in [0.4, 0.5) is 0 Å². The summed E-state index contributed by atoms with van der Waals surface area (Å²) in [5.41, 5.74) is 2.57. The third-order valence-corrected chi connectivity index (χ3v) is 3.34. The van der Waals surface area contributed by atoms with Crippen LogP contribution in [0.1, 0.15) is 43.9 Å². The Labute approximate surface area is 121 Å². The second-order valence-corrected chi connectivity index (χ2v) is 5.10. The second-order valence-electron chi connectivity index (χ2n) is 5.10. The largest absolute Gasteiger partial charge is 0.310 e. The van der Waals surface area contributed by atoms with Gasteiger partial charge in [0.15, 0.2) is 0 Å². The van der Waals surface area contributed by atoms with Crippen molar-refractivity contribution in [3.8, 4) is 0 Å². The van der Waals surface area contributed by atoms with Crippen molar-refractivity contribution in [1.82, 2.24) is 20.1 Å². The lowest BCUT2D eigenvalue weighted by atomic mass is 10.0. The summed E-state index contributed by atoms with van der Waals surface area (Å²) in [6.07, 6.45) is 11.1. The van der Waals surface area contributed by atoms with Crippen molar-refractivity contribution in [2.24, 2.45) is 0 Å². The molecule has 2 aromatic heterocycles. The van der Waals surface area contributed by atoms with Crippen LogP contribution in [0.5, 0.6) is 0 Å². The monoisotopic (exact) mass is 272 g/mol. The van der Waals surface area contributed by atoms with E-state index in [-0.39, 0.29) is 0 Å². The Morgan fingerprint density at radius 2 is 2.00 bits per heavy atom. The van der Waals surface area contributed by atoms with E-state index in [4.69, 9.17) is 0 Å². The molecule has 0 aliphatic rings. The van der Waals surface area contributed by atoms with Crippen LogP contribution in [-0.4, -0.2) is 21.3 Å². The summed E-state index contributed by atoms with van der Waals surface area (Å²) in [6, 6.07) is 4.48. The maximum Gasteiger partial charge on any atom is 0.0537 e. The molecule has 20 heavy (non-hydrogen) atoms. The molecule has 0 aliphatic heterocycles. The predicted molar refractivity (Wildman–Crippen MR) is 81.5 cm³/mol. The van der Waals surface area contributed by atoms with Crippen LogP contribution < -0.4 is 5.32 Å². The van der Waals surface area contributed by atoms with E-state index >= 15 is 0 Å². The lowest BCUT2D eigenvalue weighted by Gasteiger charge is -2.17. The second kappa shape index (κ2) is 7.80. The molecule has 0 saturated carbocycles. The SMILES string of the molecule is CCCNC(Cc1ccncc1)c1cnn(CCC)c1. The summed E-state index contributed by atoms with van der Waals surface area (Å²) in [7, 11) is 0. The minimum Gasteiger partial charge on any atom is -0.310 e. The minimum atomic E-state index is 0.322. The number of pyridine rings is 1. The quantitative estimate of drug-likeness (QED) is 0.803. The van der Waals surface area contributed by atoms with Crippen LogP contribution in [0.3, 0.4) is 0 Å². The van der Waals surface area contributed by atoms with Crippen LogP contribution in [-0.2, 0) is 13.0 Å². The third kappa shape index (κ3) is 4.17. The lowest BCUT2D eigenvalue weighted by Crippen LogP contribution is -2.23. The highest BCUT2D eigenvalue weighted by atomic mass is 15.3. The Hall–Kier alpha value is -1.68. The Bertz CT molecular complexity index is 492. The minimum absolute atomic E-state index is 0.322.